The van der Waals surface area contributed by atoms with Gasteiger partial charge < -0.3 is 14.8 Å². The molecule has 1 heterocycles. The van der Waals surface area contributed by atoms with Crippen molar-refractivity contribution < 1.29 is 9.47 Å². The minimum Gasteiger partial charge on any atom is -0.496 e. The van der Waals surface area contributed by atoms with Gasteiger partial charge in [0.25, 0.3) is 0 Å². The average molecular weight is 221 g/mol. The van der Waals surface area contributed by atoms with Crippen molar-refractivity contribution >= 4 is 0 Å². The molecule has 0 radical (unpaired) electrons. The Kier molecular flexibility index (Phi) is 3.34. The maximum absolute atomic E-state index is 5.45. The number of hydrogen-bond donors (Lipinski definition) is 1. The van der Waals surface area contributed by atoms with Gasteiger partial charge in [-0.1, -0.05) is 0 Å². The van der Waals surface area contributed by atoms with Crippen molar-refractivity contribution in [1.29, 1.82) is 0 Å². The first-order valence-electron chi connectivity index (χ1n) is 5.70. The topological polar surface area (TPSA) is 30.5 Å². The Bertz CT molecular complexity index is 370. The second kappa shape index (κ2) is 4.74. The summed E-state index contributed by atoms with van der Waals surface area (Å²) >= 11 is 0. The van der Waals surface area contributed by atoms with E-state index >= 15 is 0 Å². The normalized spacial score (nSPS) is 19.8. The minimum absolute atomic E-state index is 0.546. The van der Waals surface area contributed by atoms with Crippen molar-refractivity contribution in [3.05, 3.63) is 23.3 Å². The summed E-state index contributed by atoms with van der Waals surface area (Å²) in [6, 6.07) is 3.97. The lowest BCUT2D eigenvalue weighted by molar-refractivity contribution is 0.393. The summed E-state index contributed by atoms with van der Waals surface area (Å²) in [6.45, 7) is 4.23. The first kappa shape index (κ1) is 11.3. The molecule has 0 spiro atoms. The summed E-state index contributed by atoms with van der Waals surface area (Å²) in [5.41, 5.74) is 2.50. The van der Waals surface area contributed by atoms with Crippen LogP contribution in [-0.2, 0) is 0 Å². The lowest BCUT2D eigenvalue weighted by Gasteiger charge is -2.18. The lowest BCUT2D eigenvalue weighted by atomic mass is 9.92. The summed E-state index contributed by atoms with van der Waals surface area (Å²) < 4.78 is 10.8. The zero-order valence-corrected chi connectivity index (χ0v) is 10.2. The predicted molar refractivity (Wildman–Crippen MR) is 64.5 cm³/mol. The van der Waals surface area contributed by atoms with Gasteiger partial charge >= 0.3 is 0 Å². The molecule has 1 aromatic carbocycles. The number of methoxy groups -OCH3 is 2. The Morgan fingerprint density at radius 1 is 1.19 bits per heavy atom. The van der Waals surface area contributed by atoms with E-state index in [4.69, 9.17) is 9.47 Å². The quantitative estimate of drug-likeness (QED) is 0.847. The molecule has 3 heteroatoms. The molecular formula is C13H19NO2. The minimum atomic E-state index is 0.546. The molecular weight excluding hydrogens is 202 g/mol. The average Bonchev–Trinajstić information content (AvgIpc) is 2.81. The molecule has 1 aliphatic rings. The summed E-state index contributed by atoms with van der Waals surface area (Å²) in [4.78, 5) is 0. The molecule has 1 N–H and O–H groups in total. The van der Waals surface area contributed by atoms with Crippen LogP contribution in [0.1, 0.15) is 23.5 Å². The van der Waals surface area contributed by atoms with Gasteiger partial charge in [0, 0.05) is 18.0 Å². The van der Waals surface area contributed by atoms with Gasteiger partial charge in [0.05, 0.1) is 14.2 Å². The van der Waals surface area contributed by atoms with E-state index in [0.717, 1.165) is 24.6 Å². The molecule has 1 saturated heterocycles. The first-order chi connectivity index (χ1) is 7.77. The third kappa shape index (κ3) is 1.87. The van der Waals surface area contributed by atoms with E-state index in [2.05, 4.69) is 12.2 Å². The molecule has 0 amide bonds. The van der Waals surface area contributed by atoms with Crippen LogP contribution in [0, 0.1) is 6.92 Å². The summed E-state index contributed by atoms with van der Waals surface area (Å²) in [5.74, 6) is 2.47. The van der Waals surface area contributed by atoms with Crippen molar-refractivity contribution in [2.75, 3.05) is 27.3 Å². The molecule has 1 unspecified atom stereocenters. The van der Waals surface area contributed by atoms with Crippen molar-refractivity contribution in [1.82, 2.24) is 5.32 Å². The molecule has 16 heavy (non-hydrogen) atoms. The van der Waals surface area contributed by atoms with E-state index in [9.17, 15) is 0 Å². The van der Waals surface area contributed by atoms with Crippen LogP contribution in [0.15, 0.2) is 12.1 Å². The van der Waals surface area contributed by atoms with Gasteiger partial charge in [-0.3, -0.25) is 0 Å². The van der Waals surface area contributed by atoms with Crippen molar-refractivity contribution in [2.24, 2.45) is 0 Å². The number of benzene rings is 1. The number of ether oxygens (including phenoxy) is 2. The van der Waals surface area contributed by atoms with Gasteiger partial charge in [-0.15, -0.1) is 0 Å². The third-order valence-corrected chi connectivity index (χ3v) is 3.33. The van der Waals surface area contributed by atoms with E-state index < -0.39 is 0 Å². The second-order valence-corrected chi connectivity index (χ2v) is 4.20. The van der Waals surface area contributed by atoms with E-state index in [1.165, 1.54) is 17.5 Å². The highest BCUT2D eigenvalue weighted by Crippen LogP contribution is 2.37. The third-order valence-electron chi connectivity index (χ3n) is 3.33. The SMILES string of the molecule is COc1ccc(OC)c(C2CCNC2)c1C. The smallest absolute Gasteiger partial charge is 0.122 e. The van der Waals surface area contributed by atoms with Crippen LogP contribution in [0.25, 0.3) is 0 Å². The zero-order valence-electron chi connectivity index (χ0n) is 10.2. The van der Waals surface area contributed by atoms with E-state index in [-0.39, 0.29) is 0 Å². The molecule has 1 aliphatic heterocycles. The number of nitrogens with one attached hydrogen (secondary N) is 1. The van der Waals surface area contributed by atoms with Crippen LogP contribution in [0.5, 0.6) is 11.5 Å². The first-order valence-corrected chi connectivity index (χ1v) is 5.70. The molecule has 0 aliphatic carbocycles. The molecule has 2 rings (SSSR count). The summed E-state index contributed by atoms with van der Waals surface area (Å²) in [7, 11) is 3.44. The summed E-state index contributed by atoms with van der Waals surface area (Å²) in [5, 5.41) is 3.39. The van der Waals surface area contributed by atoms with Crippen LogP contribution < -0.4 is 14.8 Å². The van der Waals surface area contributed by atoms with Crippen LogP contribution in [0.3, 0.4) is 0 Å². The molecule has 1 aromatic rings. The van der Waals surface area contributed by atoms with Crippen molar-refractivity contribution in [3.8, 4) is 11.5 Å². The molecule has 0 saturated carbocycles. The highest BCUT2D eigenvalue weighted by Gasteiger charge is 2.23. The highest BCUT2D eigenvalue weighted by atomic mass is 16.5. The van der Waals surface area contributed by atoms with Crippen LogP contribution in [0.4, 0.5) is 0 Å². The second-order valence-electron chi connectivity index (χ2n) is 4.20. The fourth-order valence-corrected chi connectivity index (χ4v) is 2.49. The maximum Gasteiger partial charge on any atom is 0.122 e. The fraction of sp³-hybridized carbons (Fsp3) is 0.538. The number of rotatable bonds is 3. The Morgan fingerprint density at radius 2 is 1.88 bits per heavy atom. The molecule has 0 bridgehead atoms. The standard InChI is InChI=1S/C13H19NO2/c1-9-11(15-2)4-5-12(16-3)13(9)10-6-7-14-8-10/h4-5,10,14H,6-8H2,1-3H3. The van der Waals surface area contributed by atoms with Gasteiger partial charge in [-0.25, -0.2) is 0 Å². The number of hydrogen-bond acceptors (Lipinski definition) is 3. The van der Waals surface area contributed by atoms with Gasteiger partial charge in [0.1, 0.15) is 11.5 Å². The molecule has 1 fully saturated rings. The van der Waals surface area contributed by atoms with Gasteiger partial charge in [-0.05, 0) is 37.6 Å². The molecule has 0 aromatic heterocycles. The van der Waals surface area contributed by atoms with Gasteiger partial charge in [0.15, 0.2) is 0 Å². The lowest BCUT2D eigenvalue weighted by Crippen LogP contribution is -2.10. The van der Waals surface area contributed by atoms with Gasteiger partial charge in [-0.2, -0.15) is 0 Å². The van der Waals surface area contributed by atoms with Crippen molar-refractivity contribution in [3.63, 3.8) is 0 Å². The zero-order chi connectivity index (χ0) is 11.5. The van der Waals surface area contributed by atoms with Crippen LogP contribution in [-0.4, -0.2) is 27.3 Å². The predicted octanol–water partition coefficient (Wildman–Crippen LogP) is 2.09. The Hall–Kier alpha value is -1.22. The highest BCUT2D eigenvalue weighted by molar-refractivity contribution is 5.50. The van der Waals surface area contributed by atoms with E-state index in [1.807, 2.05) is 12.1 Å². The largest absolute Gasteiger partial charge is 0.496 e. The molecule has 3 nitrogen and oxygen atoms in total. The van der Waals surface area contributed by atoms with Crippen LogP contribution >= 0.6 is 0 Å². The Morgan fingerprint density at radius 3 is 2.44 bits per heavy atom. The van der Waals surface area contributed by atoms with Crippen molar-refractivity contribution in [2.45, 2.75) is 19.3 Å². The monoisotopic (exact) mass is 221 g/mol. The van der Waals surface area contributed by atoms with E-state index in [0.29, 0.717) is 5.92 Å². The van der Waals surface area contributed by atoms with Gasteiger partial charge in [0.2, 0.25) is 0 Å². The Balaban J connectivity index is 2.45. The fourth-order valence-electron chi connectivity index (χ4n) is 2.49. The van der Waals surface area contributed by atoms with Crippen LogP contribution in [0.2, 0.25) is 0 Å². The maximum atomic E-state index is 5.45. The molecule has 88 valence electrons. The molecule has 1 atom stereocenters. The Labute approximate surface area is 96.8 Å². The summed E-state index contributed by atoms with van der Waals surface area (Å²) in [6.07, 6.45) is 1.17. The van der Waals surface area contributed by atoms with E-state index in [1.54, 1.807) is 14.2 Å².